The molecule has 1 fully saturated rings. The van der Waals surface area contributed by atoms with Gasteiger partial charge in [-0.1, -0.05) is 12.1 Å². The van der Waals surface area contributed by atoms with Crippen LogP contribution in [-0.2, 0) is 0 Å². The molecule has 2 aromatic heterocycles. The van der Waals surface area contributed by atoms with Crippen LogP contribution in [0.15, 0.2) is 10.6 Å². The zero-order valence-corrected chi connectivity index (χ0v) is 11.2. The summed E-state index contributed by atoms with van der Waals surface area (Å²) >= 11 is 0. The third-order valence-electron chi connectivity index (χ3n) is 3.41. The molecule has 1 aliphatic rings. The molecule has 100 valence electrons. The first-order chi connectivity index (χ1) is 9.20. The summed E-state index contributed by atoms with van der Waals surface area (Å²) in [6, 6.07) is 1.90. The molecule has 0 atom stereocenters. The molecule has 2 aromatic rings. The Kier molecular flexibility index (Phi) is 2.97. The van der Waals surface area contributed by atoms with Crippen molar-refractivity contribution in [3.63, 3.8) is 0 Å². The highest BCUT2D eigenvalue weighted by Crippen LogP contribution is 2.40. The van der Waals surface area contributed by atoms with Crippen molar-refractivity contribution in [3.05, 3.63) is 23.0 Å². The first kappa shape index (κ1) is 12.1. The largest absolute Gasteiger partial charge is 0.352 e. The number of fused-ring (bicyclic) bond motifs is 1. The van der Waals surface area contributed by atoms with Crippen molar-refractivity contribution < 1.29 is 9.32 Å². The Morgan fingerprint density at radius 2 is 2.32 bits per heavy atom. The van der Waals surface area contributed by atoms with Crippen LogP contribution in [0.1, 0.15) is 53.8 Å². The highest BCUT2D eigenvalue weighted by molar-refractivity contribution is 6.06. The molecule has 0 aliphatic heterocycles. The predicted octanol–water partition coefficient (Wildman–Crippen LogP) is 2.55. The second-order valence-electron chi connectivity index (χ2n) is 5.07. The Morgan fingerprint density at radius 3 is 3.00 bits per heavy atom. The first-order valence-corrected chi connectivity index (χ1v) is 6.75. The van der Waals surface area contributed by atoms with E-state index in [1.54, 1.807) is 0 Å². The Labute approximate surface area is 111 Å². The molecule has 0 unspecified atom stereocenters. The summed E-state index contributed by atoms with van der Waals surface area (Å²) in [5.74, 6) is 0.412. The minimum atomic E-state index is -0.0672. The van der Waals surface area contributed by atoms with Crippen molar-refractivity contribution in [2.75, 3.05) is 6.54 Å². The fourth-order valence-corrected chi connectivity index (χ4v) is 2.21. The maximum Gasteiger partial charge on any atom is 0.259 e. The van der Waals surface area contributed by atoms with Crippen LogP contribution in [0.25, 0.3) is 11.1 Å². The highest BCUT2D eigenvalue weighted by Gasteiger charge is 2.28. The average Bonchev–Trinajstić information content (AvgIpc) is 3.20. The normalized spacial score (nSPS) is 14.8. The fourth-order valence-electron chi connectivity index (χ4n) is 2.21. The monoisotopic (exact) mass is 259 g/mol. The van der Waals surface area contributed by atoms with Crippen molar-refractivity contribution >= 4 is 17.0 Å². The second kappa shape index (κ2) is 4.64. The van der Waals surface area contributed by atoms with E-state index in [9.17, 15) is 4.79 Å². The summed E-state index contributed by atoms with van der Waals surface area (Å²) in [5, 5.41) is 7.56. The van der Waals surface area contributed by atoms with Crippen LogP contribution in [0.3, 0.4) is 0 Å². The summed E-state index contributed by atoms with van der Waals surface area (Å²) in [5.41, 5.74) is 2.78. The predicted molar refractivity (Wildman–Crippen MR) is 71.1 cm³/mol. The lowest BCUT2D eigenvalue weighted by Gasteiger charge is -2.06. The fraction of sp³-hybridized carbons (Fsp3) is 0.500. The van der Waals surface area contributed by atoms with E-state index in [-0.39, 0.29) is 5.91 Å². The topological polar surface area (TPSA) is 68.0 Å². The van der Waals surface area contributed by atoms with Gasteiger partial charge >= 0.3 is 0 Å². The van der Waals surface area contributed by atoms with Gasteiger partial charge in [0.05, 0.1) is 16.6 Å². The number of hydrogen-bond acceptors (Lipinski definition) is 4. The van der Waals surface area contributed by atoms with Crippen molar-refractivity contribution in [1.29, 1.82) is 0 Å². The lowest BCUT2D eigenvalue weighted by molar-refractivity contribution is 0.0955. The third kappa shape index (κ3) is 2.20. The number of carbonyl (C=O) groups is 1. The zero-order valence-electron chi connectivity index (χ0n) is 11.2. The van der Waals surface area contributed by atoms with Crippen LogP contribution in [-0.4, -0.2) is 22.6 Å². The molecule has 1 saturated carbocycles. The summed E-state index contributed by atoms with van der Waals surface area (Å²) < 4.78 is 5.22. The zero-order chi connectivity index (χ0) is 13.4. The molecule has 3 rings (SSSR count). The number of aromatic nitrogens is 2. The van der Waals surface area contributed by atoms with Gasteiger partial charge in [-0.05, 0) is 32.3 Å². The van der Waals surface area contributed by atoms with E-state index < -0.39 is 0 Å². The number of nitrogens with one attached hydrogen (secondary N) is 1. The Morgan fingerprint density at radius 1 is 1.53 bits per heavy atom. The van der Waals surface area contributed by atoms with Gasteiger partial charge in [0.1, 0.15) is 0 Å². The van der Waals surface area contributed by atoms with Crippen LogP contribution in [0.4, 0.5) is 0 Å². The van der Waals surface area contributed by atoms with E-state index in [0.717, 1.165) is 30.3 Å². The molecular formula is C14H17N3O2. The van der Waals surface area contributed by atoms with Crippen molar-refractivity contribution in [1.82, 2.24) is 15.5 Å². The van der Waals surface area contributed by atoms with Crippen molar-refractivity contribution in [2.24, 2.45) is 0 Å². The molecule has 2 heterocycles. The summed E-state index contributed by atoms with van der Waals surface area (Å²) in [6.45, 7) is 4.54. The molecule has 0 spiro atoms. The Bertz CT molecular complexity index is 629. The van der Waals surface area contributed by atoms with Crippen LogP contribution in [0.2, 0.25) is 0 Å². The summed E-state index contributed by atoms with van der Waals surface area (Å²) in [4.78, 5) is 16.7. The molecule has 0 aromatic carbocycles. The second-order valence-corrected chi connectivity index (χ2v) is 5.07. The Hall–Kier alpha value is -1.91. The molecule has 5 nitrogen and oxygen atoms in total. The molecule has 0 bridgehead atoms. The lowest BCUT2D eigenvalue weighted by atomic mass is 10.1. The molecule has 1 amide bonds. The molecule has 1 aliphatic carbocycles. The quantitative estimate of drug-likeness (QED) is 0.916. The summed E-state index contributed by atoms with van der Waals surface area (Å²) in [7, 11) is 0. The molecule has 0 radical (unpaired) electrons. The molecule has 19 heavy (non-hydrogen) atoms. The summed E-state index contributed by atoms with van der Waals surface area (Å²) in [6.07, 6.45) is 3.20. The lowest BCUT2D eigenvalue weighted by Crippen LogP contribution is -2.24. The number of pyridine rings is 1. The van der Waals surface area contributed by atoms with E-state index >= 15 is 0 Å². The third-order valence-corrected chi connectivity index (χ3v) is 3.41. The molecule has 0 saturated heterocycles. The van der Waals surface area contributed by atoms with Gasteiger partial charge in [-0.15, -0.1) is 0 Å². The first-order valence-electron chi connectivity index (χ1n) is 6.75. The van der Waals surface area contributed by atoms with Gasteiger partial charge in [0, 0.05) is 18.2 Å². The Balaban J connectivity index is 2.08. The minimum Gasteiger partial charge on any atom is -0.352 e. The number of hydrogen-bond donors (Lipinski definition) is 1. The minimum absolute atomic E-state index is 0.0672. The van der Waals surface area contributed by atoms with Crippen LogP contribution in [0.5, 0.6) is 0 Å². The van der Waals surface area contributed by atoms with Gasteiger partial charge in [-0.3, -0.25) is 4.79 Å². The van der Waals surface area contributed by atoms with Gasteiger partial charge in [-0.25, -0.2) is 4.98 Å². The van der Waals surface area contributed by atoms with E-state index in [2.05, 4.69) is 15.5 Å². The number of amides is 1. The molecule has 5 heteroatoms. The van der Waals surface area contributed by atoms with Crippen molar-refractivity contribution in [2.45, 2.75) is 39.0 Å². The number of aryl methyl sites for hydroxylation is 1. The van der Waals surface area contributed by atoms with Crippen LogP contribution >= 0.6 is 0 Å². The van der Waals surface area contributed by atoms with Gasteiger partial charge in [0.2, 0.25) is 0 Å². The van der Waals surface area contributed by atoms with Gasteiger partial charge in [-0.2, -0.15) is 0 Å². The smallest absolute Gasteiger partial charge is 0.259 e. The van der Waals surface area contributed by atoms with E-state index in [1.165, 1.54) is 0 Å². The van der Waals surface area contributed by atoms with Gasteiger partial charge in [0.15, 0.2) is 0 Å². The number of rotatable bonds is 4. The van der Waals surface area contributed by atoms with E-state index in [1.807, 2.05) is 19.9 Å². The van der Waals surface area contributed by atoms with Crippen molar-refractivity contribution in [3.8, 4) is 0 Å². The van der Waals surface area contributed by atoms with E-state index in [0.29, 0.717) is 29.4 Å². The van der Waals surface area contributed by atoms with Gasteiger partial charge in [0.25, 0.3) is 11.6 Å². The van der Waals surface area contributed by atoms with Crippen LogP contribution < -0.4 is 5.32 Å². The average molecular weight is 259 g/mol. The van der Waals surface area contributed by atoms with Gasteiger partial charge < -0.3 is 9.84 Å². The van der Waals surface area contributed by atoms with E-state index in [4.69, 9.17) is 4.52 Å². The number of carbonyl (C=O) groups excluding carboxylic acids is 1. The molecular weight excluding hydrogens is 242 g/mol. The van der Waals surface area contributed by atoms with Crippen LogP contribution in [0, 0.1) is 6.92 Å². The number of nitrogens with zero attached hydrogens (tertiary/aromatic N) is 2. The SMILES string of the molecule is CCCNC(=O)c1cc(C2CC2)nc2onc(C)c12. The standard InChI is InChI=1S/C14H17N3O2/c1-3-6-15-13(18)10-7-11(9-4-5-9)16-14-12(10)8(2)17-19-14/h7,9H,3-6H2,1-2H3,(H,15,18). The maximum absolute atomic E-state index is 12.3. The molecule has 1 N–H and O–H groups in total. The highest BCUT2D eigenvalue weighted by atomic mass is 16.5. The maximum atomic E-state index is 12.3.